The molecule has 3 nitrogen and oxygen atoms in total. The molecular formula is C20H19F3N2OS. The van der Waals surface area contributed by atoms with Gasteiger partial charge in [0.1, 0.15) is 5.69 Å². The highest BCUT2D eigenvalue weighted by Gasteiger charge is 2.30. The van der Waals surface area contributed by atoms with E-state index in [1.165, 1.54) is 6.07 Å². The molecule has 0 saturated heterocycles. The highest BCUT2D eigenvalue weighted by molar-refractivity contribution is 7.19. The van der Waals surface area contributed by atoms with E-state index < -0.39 is 11.7 Å². The van der Waals surface area contributed by atoms with Gasteiger partial charge in [0.05, 0.1) is 15.8 Å². The fraction of sp³-hybridized carbons (Fsp3) is 0.250. The Hall–Kier alpha value is -2.54. The third kappa shape index (κ3) is 4.24. The van der Waals surface area contributed by atoms with Gasteiger partial charge in [-0.1, -0.05) is 24.3 Å². The molecule has 0 aliphatic carbocycles. The van der Waals surface area contributed by atoms with Crippen LogP contribution < -0.4 is 5.32 Å². The highest BCUT2D eigenvalue weighted by Crippen LogP contribution is 2.30. The SMILES string of the molecule is C=C(C)Cn1c(C(=O)NCc2cccc(C(F)(F)F)c2)cc2sc(C)cc21. The Morgan fingerprint density at radius 2 is 2.00 bits per heavy atom. The van der Waals surface area contributed by atoms with Crippen molar-refractivity contribution in [3.63, 3.8) is 0 Å². The van der Waals surface area contributed by atoms with Gasteiger partial charge in [0.2, 0.25) is 0 Å². The van der Waals surface area contributed by atoms with Crippen molar-refractivity contribution in [2.75, 3.05) is 0 Å². The van der Waals surface area contributed by atoms with Crippen LogP contribution in [-0.2, 0) is 19.3 Å². The van der Waals surface area contributed by atoms with Crippen LogP contribution in [0.4, 0.5) is 13.2 Å². The van der Waals surface area contributed by atoms with Crippen molar-refractivity contribution in [3.05, 3.63) is 70.2 Å². The zero-order chi connectivity index (χ0) is 19.8. The van der Waals surface area contributed by atoms with Crippen molar-refractivity contribution in [1.29, 1.82) is 0 Å². The van der Waals surface area contributed by atoms with Gasteiger partial charge in [0.25, 0.3) is 5.91 Å². The van der Waals surface area contributed by atoms with Crippen LogP contribution in [0, 0.1) is 6.92 Å². The van der Waals surface area contributed by atoms with E-state index in [4.69, 9.17) is 0 Å². The molecule has 0 unspecified atom stereocenters. The average molecular weight is 392 g/mol. The van der Waals surface area contributed by atoms with Gasteiger partial charge in [-0.3, -0.25) is 4.79 Å². The average Bonchev–Trinajstić information content (AvgIpc) is 3.09. The lowest BCUT2D eigenvalue weighted by molar-refractivity contribution is -0.137. The summed E-state index contributed by atoms with van der Waals surface area (Å²) in [6.45, 7) is 8.33. The number of halogens is 3. The summed E-state index contributed by atoms with van der Waals surface area (Å²) < 4.78 is 41.4. The zero-order valence-electron chi connectivity index (χ0n) is 15.0. The summed E-state index contributed by atoms with van der Waals surface area (Å²) in [6.07, 6.45) is -4.40. The summed E-state index contributed by atoms with van der Waals surface area (Å²) in [5.41, 5.74) is 2.02. The molecule has 0 aliphatic rings. The van der Waals surface area contributed by atoms with E-state index in [9.17, 15) is 18.0 Å². The molecule has 1 N–H and O–H groups in total. The number of carbonyl (C=O) groups is 1. The largest absolute Gasteiger partial charge is 0.416 e. The molecular weight excluding hydrogens is 373 g/mol. The van der Waals surface area contributed by atoms with E-state index >= 15 is 0 Å². The number of amides is 1. The number of rotatable bonds is 5. The first-order valence-corrected chi connectivity index (χ1v) is 9.15. The van der Waals surface area contributed by atoms with Gasteiger partial charge in [-0.2, -0.15) is 13.2 Å². The summed E-state index contributed by atoms with van der Waals surface area (Å²) in [6, 6.07) is 8.80. The molecule has 1 amide bonds. The minimum Gasteiger partial charge on any atom is -0.347 e. The van der Waals surface area contributed by atoms with Gasteiger partial charge in [0, 0.05) is 18.0 Å². The van der Waals surface area contributed by atoms with Crippen LogP contribution in [-0.4, -0.2) is 10.5 Å². The number of carbonyl (C=O) groups excluding carboxylic acids is 1. The summed E-state index contributed by atoms with van der Waals surface area (Å²) in [4.78, 5) is 13.8. The number of alkyl halides is 3. The highest BCUT2D eigenvalue weighted by atomic mass is 32.1. The van der Waals surface area contributed by atoms with Crippen LogP contribution >= 0.6 is 11.3 Å². The van der Waals surface area contributed by atoms with Crippen LogP contribution in [0.1, 0.15) is 33.4 Å². The number of hydrogen-bond acceptors (Lipinski definition) is 2. The molecule has 3 aromatic rings. The van der Waals surface area contributed by atoms with E-state index in [1.54, 1.807) is 17.4 Å². The quantitative estimate of drug-likeness (QED) is 0.569. The lowest BCUT2D eigenvalue weighted by Crippen LogP contribution is -2.25. The van der Waals surface area contributed by atoms with E-state index in [1.807, 2.05) is 30.5 Å². The van der Waals surface area contributed by atoms with Crippen molar-refractivity contribution in [3.8, 4) is 0 Å². The Kier molecular flexibility index (Phi) is 5.15. The first-order valence-electron chi connectivity index (χ1n) is 8.33. The van der Waals surface area contributed by atoms with Crippen molar-refractivity contribution in [2.24, 2.45) is 0 Å². The second kappa shape index (κ2) is 7.23. The Labute approximate surface area is 159 Å². The topological polar surface area (TPSA) is 34.0 Å². The minimum atomic E-state index is -4.40. The zero-order valence-corrected chi connectivity index (χ0v) is 15.8. The van der Waals surface area contributed by atoms with Crippen molar-refractivity contribution < 1.29 is 18.0 Å². The second-order valence-corrected chi connectivity index (χ2v) is 7.85. The summed E-state index contributed by atoms with van der Waals surface area (Å²) in [5, 5.41) is 2.72. The Bertz CT molecular complexity index is 1010. The maximum absolute atomic E-state index is 12.8. The number of nitrogens with zero attached hydrogens (tertiary/aromatic N) is 1. The number of thiophene rings is 1. The number of aromatic nitrogens is 1. The molecule has 142 valence electrons. The number of allylic oxidation sites excluding steroid dienone is 1. The molecule has 0 aliphatic heterocycles. The van der Waals surface area contributed by atoms with Crippen LogP contribution in [0.15, 0.2) is 48.6 Å². The van der Waals surface area contributed by atoms with Gasteiger partial charge in [-0.15, -0.1) is 11.3 Å². The monoisotopic (exact) mass is 392 g/mol. The van der Waals surface area contributed by atoms with Gasteiger partial charge < -0.3 is 9.88 Å². The van der Waals surface area contributed by atoms with Crippen LogP contribution in [0.3, 0.4) is 0 Å². The molecule has 0 fully saturated rings. The smallest absolute Gasteiger partial charge is 0.347 e. The number of hydrogen-bond donors (Lipinski definition) is 1. The lowest BCUT2D eigenvalue weighted by atomic mass is 10.1. The number of nitrogens with one attached hydrogen (secondary N) is 1. The summed E-state index contributed by atoms with van der Waals surface area (Å²) in [5.74, 6) is -0.324. The molecule has 0 atom stereocenters. The van der Waals surface area contributed by atoms with Gasteiger partial charge >= 0.3 is 6.18 Å². The van der Waals surface area contributed by atoms with E-state index in [-0.39, 0.29) is 12.5 Å². The van der Waals surface area contributed by atoms with Gasteiger partial charge in [-0.25, -0.2) is 0 Å². The van der Waals surface area contributed by atoms with Crippen molar-refractivity contribution in [2.45, 2.75) is 33.1 Å². The van der Waals surface area contributed by atoms with E-state index in [0.29, 0.717) is 17.8 Å². The van der Waals surface area contributed by atoms with E-state index in [0.717, 1.165) is 32.8 Å². The number of aryl methyl sites for hydroxylation is 1. The molecule has 0 spiro atoms. The summed E-state index contributed by atoms with van der Waals surface area (Å²) in [7, 11) is 0. The third-order valence-corrected chi connectivity index (χ3v) is 5.07. The molecule has 3 rings (SSSR count). The molecule has 1 aromatic carbocycles. The fourth-order valence-corrected chi connectivity index (χ4v) is 3.89. The number of benzene rings is 1. The van der Waals surface area contributed by atoms with Crippen molar-refractivity contribution in [1.82, 2.24) is 9.88 Å². The predicted molar refractivity (Wildman–Crippen MR) is 102 cm³/mol. The molecule has 27 heavy (non-hydrogen) atoms. The van der Waals surface area contributed by atoms with Crippen LogP contribution in [0.2, 0.25) is 0 Å². The Morgan fingerprint density at radius 1 is 1.26 bits per heavy atom. The Morgan fingerprint density at radius 3 is 2.67 bits per heavy atom. The first kappa shape index (κ1) is 19.2. The summed E-state index contributed by atoms with van der Waals surface area (Å²) >= 11 is 1.60. The fourth-order valence-electron chi connectivity index (χ4n) is 2.92. The predicted octanol–water partition coefficient (Wildman–Crippen LogP) is 5.54. The molecule has 0 bridgehead atoms. The molecule has 7 heteroatoms. The normalized spacial score (nSPS) is 11.7. The van der Waals surface area contributed by atoms with E-state index in [2.05, 4.69) is 11.9 Å². The van der Waals surface area contributed by atoms with Gasteiger partial charge in [-0.05, 0) is 43.7 Å². The second-order valence-electron chi connectivity index (χ2n) is 6.56. The molecule has 0 radical (unpaired) electrons. The van der Waals surface area contributed by atoms with Crippen LogP contribution in [0.25, 0.3) is 10.2 Å². The minimum absolute atomic E-state index is 0.0215. The maximum Gasteiger partial charge on any atom is 0.416 e. The number of fused-ring (bicyclic) bond motifs is 1. The Balaban J connectivity index is 1.82. The standard InChI is InChI=1S/C20H19F3N2OS/c1-12(2)11-25-16-7-13(3)27-18(16)9-17(25)19(26)24-10-14-5-4-6-15(8-14)20(21,22)23/h4-9H,1,10-11H2,2-3H3,(H,24,26). The molecule has 0 saturated carbocycles. The van der Waals surface area contributed by atoms with Crippen molar-refractivity contribution >= 4 is 27.5 Å². The lowest BCUT2D eigenvalue weighted by Gasteiger charge is -2.12. The first-order chi connectivity index (χ1) is 12.6. The molecule has 2 aromatic heterocycles. The van der Waals surface area contributed by atoms with Gasteiger partial charge in [0.15, 0.2) is 0 Å². The third-order valence-electron chi connectivity index (χ3n) is 4.08. The maximum atomic E-state index is 12.8. The van der Waals surface area contributed by atoms with Crippen LogP contribution in [0.5, 0.6) is 0 Å². The molecule has 2 heterocycles.